The van der Waals surface area contributed by atoms with Crippen molar-refractivity contribution in [2.45, 2.75) is 24.9 Å². The van der Waals surface area contributed by atoms with Gasteiger partial charge in [-0.15, -0.1) is 0 Å². The zero-order chi connectivity index (χ0) is 22.9. The number of aromatic hydroxyl groups is 4. The predicted molar refractivity (Wildman–Crippen MR) is 125 cm³/mol. The molecule has 5 heteroatoms. The minimum Gasteiger partial charge on any atom is -0.508 e. The van der Waals surface area contributed by atoms with Crippen LogP contribution in [0.25, 0.3) is 0 Å². The van der Waals surface area contributed by atoms with E-state index < -0.39 is 0 Å². The molecule has 2 atom stereocenters. The molecule has 4 N–H and O–H groups in total. The summed E-state index contributed by atoms with van der Waals surface area (Å²) in [6, 6.07) is 24.8. The van der Waals surface area contributed by atoms with E-state index in [2.05, 4.69) is 6.07 Å². The van der Waals surface area contributed by atoms with E-state index in [-0.39, 0.29) is 35.0 Å². The number of ether oxygens (including phenoxy) is 1. The first-order chi connectivity index (χ1) is 16.0. The lowest BCUT2D eigenvalue weighted by Gasteiger charge is -2.20. The number of benzene rings is 4. The standard InChI is InChI=1S/C28H24O5/c29-21-10-5-17(6-11-21)4-7-18-2-1-3-25-26(20-14-23(31)16-24(32)15-20)28(33-27(18)25)19-8-12-22(30)13-9-19/h1-3,5-6,8-16,26,28-32H,4,7H2. The molecule has 5 rings (SSSR count). The van der Waals surface area contributed by atoms with E-state index in [4.69, 9.17) is 4.74 Å². The van der Waals surface area contributed by atoms with Gasteiger partial charge >= 0.3 is 0 Å². The minimum atomic E-state index is -0.378. The van der Waals surface area contributed by atoms with E-state index in [0.717, 1.165) is 46.4 Å². The van der Waals surface area contributed by atoms with Gasteiger partial charge in [0.2, 0.25) is 0 Å². The number of aryl methyl sites for hydroxylation is 2. The van der Waals surface area contributed by atoms with Gasteiger partial charge < -0.3 is 25.2 Å². The molecule has 5 nitrogen and oxygen atoms in total. The van der Waals surface area contributed by atoms with Crippen molar-refractivity contribution in [1.29, 1.82) is 0 Å². The first-order valence-corrected chi connectivity index (χ1v) is 10.9. The molecule has 2 unspecified atom stereocenters. The van der Waals surface area contributed by atoms with E-state index in [1.807, 2.05) is 36.4 Å². The first-order valence-electron chi connectivity index (χ1n) is 10.9. The van der Waals surface area contributed by atoms with Gasteiger partial charge in [0.1, 0.15) is 34.9 Å². The summed E-state index contributed by atoms with van der Waals surface area (Å²) in [6.45, 7) is 0. The molecule has 0 aromatic heterocycles. The second-order valence-electron chi connectivity index (χ2n) is 8.39. The summed E-state index contributed by atoms with van der Waals surface area (Å²) in [4.78, 5) is 0. The smallest absolute Gasteiger partial charge is 0.135 e. The van der Waals surface area contributed by atoms with Crippen molar-refractivity contribution in [3.63, 3.8) is 0 Å². The molecular weight excluding hydrogens is 416 g/mol. The summed E-state index contributed by atoms with van der Waals surface area (Å²) in [7, 11) is 0. The Bertz CT molecular complexity index is 1260. The molecule has 0 aliphatic carbocycles. The molecule has 1 aliphatic rings. The fraction of sp³-hybridized carbons (Fsp3) is 0.143. The Kier molecular flexibility index (Phi) is 5.31. The van der Waals surface area contributed by atoms with Gasteiger partial charge in [-0.05, 0) is 71.5 Å². The number of phenolic OH excluding ortho intramolecular Hbond substituents is 4. The number of phenols is 4. The zero-order valence-electron chi connectivity index (χ0n) is 17.8. The molecular formula is C28H24O5. The van der Waals surface area contributed by atoms with Crippen LogP contribution in [-0.4, -0.2) is 20.4 Å². The Morgan fingerprint density at radius 2 is 1.24 bits per heavy atom. The van der Waals surface area contributed by atoms with Crippen LogP contribution in [0.5, 0.6) is 28.7 Å². The molecule has 4 aromatic rings. The molecule has 0 spiro atoms. The van der Waals surface area contributed by atoms with Crippen LogP contribution in [0.1, 0.15) is 39.8 Å². The van der Waals surface area contributed by atoms with Gasteiger partial charge in [0.25, 0.3) is 0 Å². The van der Waals surface area contributed by atoms with Gasteiger partial charge in [-0.2, -0.15) is 0 Å². The Morgan fingerprint density at radius 3 is 1.91 bits per heavy atom. The van der Waals surface area contributed by atoms with Crippen LogP contribution in [0.3, 0.4) is 0 Å². The van der Waals surface area contributed by atoms with Crippen molar-refractivity contribution in [3.05, 3.63) is 113 Å². The molecule has 0 saturated carbocycles. The predicted octanol–water partition coefficient (Wildman–Crippen LogP) is 5.56. The molecule has 1 heterocycles. The lowest BCUT2D eigenvalue weighted by molar-refractivity contribution is 0.220. The summed E-state index contributed by atoms with van der Waals surface area (Å²) < 4.78 is 6.53. The van der Waals surface area contributed by atoms with E-state index in [9.17, 15) is 20.4 Å². The van der Waals surface area contributed by atoms with Crippen LogP contribution in [0.15, 0.2) is 84.9 Å². The summed E-state index contributed by atoms with van der Waals surface area (Å²) in [5.41, 5.74) is 4.81. The highest BCUT2D eigenvalue weighted by molar-refractivity contribution is 5.55. The first kappa shape index (κ1) is 20.8. The molecule has 0 amide bonds. The maximum atomic E-state index is 10.1. The van der Waals surface area contributed by atoms with E-state index in [0.29, 0.717) is 0 Å². The molecule has 166 valence electrons. The average molecular weight is 440 g/mol. The maximum absolute atomic E-state index is 10.1. The number of fused-ring (bicyclic) bond motifs is 1. The third kappa shape index (κ3) is 4.17. The Labute approximate surface area is 191 Å². The van der Waals surface area contributed by atoms with Crippen molar-refractivity contribution in [3.8, 4) is 28.7 Å². The Morgan fingerprint density at radius 1 is 0.606 bits per heavy atom. The monoisotopic (exact) mass is 440 g/mol. The second-order valence-corrected chi connectivity index (χ2v) is 8.39. The normalized spacial score (nSPS) is 16.8. The highest BCUT2D eigenvalue weighted by Gasteiger charge is 2.38. The quantitative estimate of drug-likeness (QED) is 0.326. The van der Waals surface area contributed by atoms with E-state index >= 15 is 0 Å². The molecule has 4 aromatic carbocycles. The van der Waals surface area contributed by atoms with Gasteiger partial charge in [0.15, 0.2) is 0 Å². The topological polar surface area (TPSA) is 90.2 Å². The summed E-state index contributed by atoms with van der Waals surface area (Å²) in [6.07, 6.45) is 1.17. The van der Waals surface area contributed by atoms with Crippen molar-refractivity contribution < 1.29 is 25.2 Å². The summed E-state index contributed by atoms with van der Waals surface area (Å²) in [5.74, 6) is 0.975. The Balaban J connectivity index is 1.54. The second kappa shape index (κ2) is 8.43. The van der Waals surface area contributed by atoms with Gasteiger partial charge in [0.05, 0.1) is 5.92 Å². The molecule has 0 radical (unpaired) electrons. The van der Waals surface area contributed by atoms with Crippen molar-refractivity contribution in [1.82, 2.24) is 0 Å². The molecule has 0 fully saturated rings. The lowest BCUT2D eigenvalue weighted by Crippen LogP contribution is -2.11. The van der Waals surface area contributed by atoms with Crippen molar-refractivity contribution in [2.24, 2.45) is 0 Å². The highest BCUT2D eigenvalue weighted by atomic mass is 16.5. The van der Waals surface area contributed by atoms with Gasteiger partial charge in [-0.3, -0.25) is 0 Å². The van der Waals surface area contributed by atoms with E-state index in [1.54, 1.807) is 36.4 Å². The fourth-order valence-corrected chi connectivity index (χ4v) is 4.57. The third-order valence-electron chi connectivity index (χ3n) is 6.13. The third-order valence-corrected chi connectivity index (χ3v) is 6.13. The van der Waals surface area contributed by atoms with Crippen LogP contribution in [0.2, 0.25) is 0 Å². The molecule has 1 aliphatic heterocycles. The van der Waals surface area contributed by atoms with Gasteiger partial charge in [-0.25, -0.2) is 0 Å². The Hall–Kier alpha value is -4.12. The largest absolute Gasteiger partial charge is 0.508 e. The minimum absolute atomic E-state index is 0.00797. The van der Waals surface area contributed by atoms with E-state index in [1.165, 1.54) is 6.07 Å². The maximum Gasteiger partial charge on any atom is 0.135 e. The summed E-state index contributed by atoms with van der Waals surface area (Å²) >= 11 is 0. The average Bonchev–Trinajstić information content (AvgIpc) is 3.19. The lowest BCUT2D eigenvalue weighted by atomic mass is 9.84. The van der Waals surface area contributed by atoms with Gasteiger partial charge in [-0.1, -0.05) is 42.5 Å². The fourth-order valence-electron chi connectivity index (χ4n) is 4.57. The number of hydrogen-bond donors (Lipinski definition) is 4. The van der Waals surface area contributed by atoms with Crippen LogP contribution >= 0.6 is 0 Å². The molecule has 33 heavy (non-hydrogen) atoms. The van der Waals surface area contributed by atoms with Crippen molar-refractivity contribution in [2.75, 3.05) is 0 Å². The van der Waals surface area contributed by atoms with Crippen LogP contribution < -0.4 is 4.74 Å². The SMILES string of the molecule is Oc1ccc(CCc2cccc3c2OC(c2ccc(O)cc2)C3c2cc(O)cc(O)c2)cc1. The number of hydrogen-bond acceptors (Lipinski definition) is 5. The van der Waals surface area contributed by atoms with Gasteiger partial charge in [0, 0.05) is 11.6 Å². The molecule has 0 bridgehead atoms. The van der Waals surface area contributed by atoms with Crippen LogP contribution in [-0.2, 0) is 12.8 Å². The summed E-state index contributed by atoms with van der Waals surface area (Å²) in [5, 5.41) is 39.5. The number of para-hydroxylation sites is 1. The van der Waals surface area contributed by atoms with Crippen LogP contribution in [0.4, 0.5) is 0 Å². The molecule has 0 saturated heterocycles. The van der Waals surface area contributed by atoms with Crippen LogP contribution in [0, 0.1) is 0 Å². The number of rotatable bonds is 5. The van der Waals surface area contributed by atoms with Crippen molar-refractivity contribution >= 4 is 0 Å². The highest BCUT2D eigenvalue weighted by Crippen LogP contribution is 2.52. The zero-order valence-corrected chi connectivity index (χ0v) is 17.8.